The molecular formula is C9H17NO5S. The number of hydrogen-bond donors (Lipinski definition) is 2. The molecule has 6 nitrogen and oxygen atoms in total. The number of carbonyl (C=O) groups is 1. The number of carboxylic acid groups (broad SMARTS) is 1. The van der Waals surface area contributed by atoms with Gasteiger partial charge in [-0.3, -0.25) is 4.79 Å². The van der Waals surface area contributed by atoms with Gasteiger partial charge < -0.3 is 9.84 Å². The van der Waals surface area contributed by atoms with Gasteiger partial charge in [-0.2, -0.15) is 0 Å². The van der Waals surface area contributed by atoms with E-state index in [1.807, 2.05) is 0 Å². The second-order valence-electron chi connectivity index (χ2n) is 4.02. The van der Waals surface area contributed by atoms with Gasteiger partial charge in [0.25, 0.3) is 0 Å². The minimum Gasteiger partial charge on any atom is -0.481 e. The van der Waals surface area contributed by atoms with Crippen LogP contribution in [0.4, 0.5) is 0 Å². The van der Waals surface area contributed by atoms with Crippen LogP contribution in [0.1, 0.15) is 25.7 Å². The highest BCUT2D eigenvalue weighted by molar-refractivity contribution is 7.89. The van der Waals surface area contributed by atoms with Gasteiger partial charge in [0.05, 0.1) is 17.8 Å². The molecule has 0 bridgehead atoms. The average Bonchev–Trinajstić information content (AvgIpc) is 2.14. The minimum absolute atomic E-state index is 0.228. The lowest BCUT2D eigenvalue weighted by Crippen LogP contribution is -2.49. The third kappa shape index (κ3) is 3.73. The predicted molar refractivity (Wildman–Crippen MR) is 57.6 cm³/mol. The standard InChI is InChI=1S/C9H17NO5S/c1-15-9(4-2-5-9)7-10-16(13,14)6-3-8(11)12/h10H,2-7H2,1H3,(H,11,12). The predicted octanol–water partition coefficient (Wildman–Crippen LogP) is -0.0504. The van der Waals surface area contributed by atoms with Crippen LogP contribution < -0.4 is 4.72 Å². The van der Waals surface area contributed by atoms with Crippen molar-refractivity contribution in [3.05, 3.63) is 0 Å². The van der Waals surface area contributed by atoms with E-state index in [2.05, 4.69) is 4.72 Å². The Balaban J connectivity index is 2.38. The SMILES string of the molecule is COC1(CNS(=O)(=O)CCC(=O)O)CCC1. The molecule has 7 heteroatoms. The first-order chi connectivity index (χ1) is 7.39. The Hall–Kier alpha value is -0.660. The maximum Gasteiger partial charge on any atom is 0.304 e. The highest BCUT2D eigenvalue weighted by atomic mass is 32.2. The van der Waals surface area contributed by atoms with Crippen molar-refractivity contribution in [3.63, 3.8) is 0 Å². The molecule has 0 aromatic heterocycles. The van der Waals surface area contributed by atoms with Crippen LogP contribution in [-0.4, -0.2) is 44.5 Å². The van der Waals surface area contributed by atoms with E-state index in [0.29, 0.717) is 0 Å². The highest BCUT2D eigenvalue weighted by Crippen LogP contribution is 2.34. The van der Waals surface area contributed by atoms with Crippen molar-refractivity contribution in [2.45, 2.75) is 31.3 Å². The molecule has 1 aliphatic rings. The summed E-state index contributed by atoms with van der Waals surface area (Å²) < 4.78 is 30.5. The summed E-state index contributed by atoms with van der Waals surface area (Å²) >= 11 is 0. The quantitative estimate of drug-likeness (QED) is 0.661. The van der Waals surface area contributed by atoms with Crippen LogP contribution in [0.15, 0.2) is 0 Å². The van der Waals surface area contributed by atoms with E-state index in [-0.39, 0.29) is 24.3 Å². The second-order valence-corrected chi connectivity index (χ2v) is 5.95. The molecule has 0 aromatic rings. The fourth-order valence-electron chi connectivity index (χ4n) is 1.56. The van der Waals surface area contributed by atoms with Gasteiger partial charge in [0.1, 0.15) is 0 Å². The summed E-state index contributed by atoms with van der Waals surface area (Å²) in [5.41, 5.74) is -0.379. The summed E-state index contributed by atoms with van der Waals surface area (Å²) in [6.45, 7) is 0.228. The molecule has 1 aliphatic carbocycles. The van der Waals surface area contributed by atoms with Crippen molar-refractivity contribution < 1.29 is 23.1 Å². The van der Waals surface area contributed by atoms with Crippen molar-refractivity contribution in [1.82, 2.24) is 4.72 Å². The van der Waals surface area contributed by atoms with Crippen LogP contribution in [0, 0.1) is 0 Å². The van der Waals surface area contributed by atoms with E-state index < -0.39 is 16.0 Å². The Labute approximate surface area is 95.0 Å². The average molecular weight is 251 g/mol. The second kappa shape index (κ2) is 5.11. The Morgan fingerprint density at radius 3 is 2.50 bits per heavy atom. The van der Waals surface area contributed by atoms with E-state index in [9.17, 15) is 13.2 Å². The van der Waals surface area contributed by atoms with Crippen LogP contribution in [0.2, 0.25) is 0 Å². The molecule has 0 spiro atoms. The van der Waals surface area contributed by atoms with Gasteiger partial charge in [0.2, 0.25) is 10.0 Å². The summed E-state index contributed by atoms with van der Waals surface area (Å²) in [5.74, 6) is -1.50. The molecule has 0 unspecified atom stereocenters. The molecule has 0 aliphatic heterocycles. The summed E-state index contributed by atoms with van der Waals surface area (Å²) in [5, 5.41) is 8.39. The molecule has 0 heterocycles. The lowest BCUT2D eigenvalue weighted by atomic mass is 9.80. The van der Waals surface area contributed by atoms with Gasteiger partial charge in [-0.15, -0.1) is 0 Å². The summed E-state index contributed by atoms with van der Waals surface area (Å²) in [6.07, 6.45) is 2.33. The van der Waals surface area contributed by atoms with Gasteiger partial charge in [-0.1, -0.05) is 0 Å². The fourth-order valence-corrected chi connectivity index (χ4v) is 2.63. The molecule has 1 fully saturated rings. The normalized spacial score (nSPS) is 19.1. The van der Waals surface area contributed by atoms with Gasteiger partial charge in [-0.05, 0) is 19.3 Å². The molecule has 0 atom stereocenters. The molecule has 94 valence electrons. The lowest BCUT2D eigenvalue weighted by Gasteiger charge is -2.40. The Morgan fingerprint density at radius 1 is 1.50 bits per heavy atom. The molecule has 2 N–H and O–H groups in total. The number of hydrogen-bond acceptors (Lipinski definition) is 4. The van der Waals surface area contributed by atoms with E-state index in [1.54, 1.807) is 7.11 Å². The zero-order valence-electron chi connectivity index (χ0n) is 9.23. The smallest absolute Gasteiger partial charge is 0.304 e. The van der Waals surface area contributed by atoms with E-state index in [0.717, 1.165) is 19.3 Å². The van der Waals surface area contributed by atoms with Crippen molar-refractivity contribution in [2.24, 2.45) is 0 Å². The summed E-state index contributed by atoms with van der Waals surface area (Å²) in [4.78, 5) is 10.3. The minimum atomic E-state index is -3.51. The number of rotatable bonds is 7. The number of nitrogens with one attached hydrogen (secondary N) is 1. The number of sulfonamides is 1. The van der Waals surface area contributed by atoms with Crippen molar-refractivity contribution in [2.75, 3.05) is 19.4 Å². The number of carboxylic acids is 1. The Bertz CT molecular complexity index is 341. The third-order valence-electron chi connectivity index (χ3n) is 2.90. The van der Waals surface area contributed by atoms with E-state index in [4.69, 9.17) is 9.84 Å². The fraction of sp³-hybridized carbons (Fsp3) is 0.889. The molecule has 0 radical (unpaired) electrons. The third-order valence-corrected chi connectivity index (χ3v) is 4.22. The highest BCUT2D eigenvalue weighted by Gasteiger charge is 2.37. The molecule has 0 aromatic carbocycles. The van der Waals surface area contributed by atoms with Gasteiger partial charge in [0, 0.05) is 13.7 Å². The van der Waals surface area contributed by atoms with E-state index in [1.165, 1.54) is 0 Å². The Morgan fingerprint density at radius 2 is 2.12 bits per heavy atom. The zero-order chi connectivity index (χ0) is 12.2. The zero-order valence-corrected chi connectivity index (χ0v) is 10.0. The molecule has 0 saturated heterocycles. The topological polar surface area (TPSA) is 92.7 Å². The lowest BCUT2D eigenvalue weighted by molar-refractivity contribution is -0.136. The van der Waals surface area contributed by atoms with Crippen molar-refractivity contribution >= 4 is 16.0 Å². The first kappa shape index (κ1) is 13.4. The van der Waals surface area contributed by atoms with Crippen LogP contribution in [0.5, 0.6) is 0 Å². The van der Waals surface area contributed by atoms with Crippen molar-refractivity contribution in [3.8, 4) is 0 Å². The molecular weight excluding hydrogens is 234 g/mol. The van der Waals surface area contributed by atoms with Crippen LogP contribution in [0.25, 0.3) is 0 Å². The van der Waals surface area contributed by atoms with E-state index >= 15 is 0 Å². The van der Waals surface area contributed by atoms with Gasteiger partial charge in [0.15, 0.2) is 0 Å². The van der Waals surface area contributed by atoms with Crippen molar-refractivity contribution in [1.29, 1.82) is 0 Å². The molecule has 1 saturated carbocycles. The van der Waals surface area contributed by atoms with Gasteiger partial charge >= 0.3 is 5.97 Å². The maximum atomic E-state index is 11.4. The largest absolute Gasteiger partial charge is 0.481 e. The first-order valence-electron chi connectivity index (χ1n) is 5.13. The first-order valence-corrected chi connectivity index (χ1v) is 6.79. The monoisotopic (exact) mass is 251 g/mol. The molecule has 0 amide bonds. The number of methoxy groups -OCH3 is 1. The summed E-state index contributed by atoms with van der Waals surface area (Å²) in [7, 11) is -1.95. The van der Waals surface area contributed by atoms with Gasteiger partial charge in [-0.25, -0.2) is 13.1 Å². The van der Waals surface area contributed by atoms with Crippen LogP contribution >= 0.6 is 0 Å². The molecule has 16 heavy (non-hydrogen) atoms. The van der Waals surface area contributed by atoms with Crippen LogP contribution in [-0.2, 0) is 19.6 Å². The summed E-state index contributed by atoms with van der Waals surface area (Å²) in [6, 6.07) is 0. The number of aliphatic carboxylic acids is 1. The molecule has 1 rings (SSSR count). The Kier molecular flexibility index (Phi) is 4.28. The van der Waals surface area contributed by atoms with Crippen LogP contribution in [0.3, 0.4) is 0 Å². The number of ether oxygens (including phenoxy) is 1. The maximum absolute atomic E-state index is 11.4.